The summed E-state index contributed by atoms with van der Waals surface area (Å²) in [4.78, 5) is 12.9. The van der Waals surface area contributed by atoms with Crippen LogP contribution in [0.1, 0.15) is 80.2 Å². The van der Waals surface area contributed by atoms with E-state index >= 15 is 0 Å². The average molecular weight is 361 g/mol. The molecule has 3 aliphatic rings. The van der Waals surface area contributed by atoms with Crippen molar-refractivity contribution in [1.29, 1.82) is 0 Å². The number of carbonyl (C=O) groups excluding carboxylic acids is 1. The van der Waals surface area contributed by atoms with Gasteiger partial charge in [-0.05, 0) is 63.7 Å². The molecule has 1 spiro atoms. The van der Waals surface area contributed by atoms with Gasteiger partial charge in [0.25, 0.3) is 5.91 Å². The van der Waals surface area contributed by atoms with Gasteiger partial charge in [0.1, 0.15) is 0 Å². The van der Waals surface area contributed by atoms with E-state index in [-0.39, 0.29) is 24.2 Å². The van der Waals surface area contributed by atoms with E-state index in [1.807, 2.05) is 20.9 Å². The highest BCUT2D eigenvalue weighted by Crippen LogP contribution is 2.52. The van der Waals surface area contributed by atoms with Crippen LogP contribution >= 0.6 is 0 Å². The molecule has 1 aromatic heterocycles. The van der Waals surface area contributed by atoms with Gasteiger partial charge >= 0.3 is 0 Å². The molecule has 2 saturated carbocycles. The number of aliphatic hydroxyl groups is 1. The molecule has 6 heteroatoms. The molecule has 0 aromatic carbocycles. The molecular weight excluding hydrogens is 330 g/mol. The van der Waals surface area contributed by atoms with Gasteiger partial charge in [0.2, 0.25) is 0 Å². The summed E-state index contributed by atoms with van der Waals surface area (Å²) in [5.74, 6) is 0.451. The number of amides is 1. The van der Waals surface area contributed by atoms with Crippen LogP contribution in [-0.4, -0.2) is 39.5 Å². The molecule has 2 aliphatic carbocycles. The fraction of sp³-hybridized carbons (Fsp3) is 0.800. The quantitative estimate of drug-likeness (QED) is 0.867. The van der Waals surface area contributed by atoms with Crippen LogP contribution in [0.2, 0.25) is 0 Å². The minimum absolute atomic E-state index is 0.0264. The van der Waals surface area contributed by atoms with Gasteiger partial charge in [0, 0.05) is 31.7 Å². The Labute approximate surface area is 155 Å². The number of rotatable bonds is 3. The summed E-state index contributed by atoms with van der Waals surface area (Å²) >= 11 is 0. The molecule has 1 aliphatic heterocycles. The zero-order valence-corrected chi connectivity index (χ0v) is 16.1. The first-order chi connectivity index (χ1) is 12.4. The molecule has 0 saturated heterocycles. The third-order valence-electron chi connectivity index (χ3n) is 6.84. The van der Waals surface area contributed by atoms with Gasteiger partial charge in [-0.15, -0.1) is 0 Å². The molecule has 0 radical (unpaired) electrons. The van der Waals surface area contributed by atoms with Crippen molar-refractivity contribution in [2.45, 2.75) is 77.0 Å². The Kier molecular flexibility index (Phi) is 4.59. The predicted octanol–water partition coefficient (Wildman–Crippen LogP) is 2.50. The largest absolute Gasteiger partial charge is 0.396 e. The van der Waals surface area contributed by atoms with Crippen LogP contribution < -0.4 is 5.32 Å². The maximum atomic E-state index is 12.9. The number of nitrogens with one attached hydrogen (secondary N) is 1. The van der Waals surface area contributed by atoms with Gasteiger partial charge in [-0.25, -0.2) is 0 Å². The molecule has 2 atom stereocenters. The normalized spacial score (nSPS) is 36.5. The molecule has 0 bridgehead atoms. The fourth-order valence-corrected chi connectivity index (χ4v) is 5.44. The molecule has 2 fully saturated rings. The number of carbonyl (C=O) groups is 1. The maximum absolute atomic E-state index is 12.9. The van der Waals surface area contributed by atoms with Crippen LogP contribution in [-0.2, 0) is 18.2 Å². The van der Waals surface area contributed by atoms with E-state index in [0.717, 1.165) is 43.4 Å². The Morgan fingerprint density at radius 2 is 2.04 bits per heavy atom. The Hall–Kier alpha value is -1.40. The zero-order valence-electron chi connectivity index (χ0n) is 16.1. The molecule has 2 heterocycles. The average Bonchev–Trinajstić information content (AvgIpc) is 2.91. The van der Waals surface area contributed by atoms with Gasteiger partial charge in [-0.2, -0.15) is 5.10 Å². The minimum atomic E-state index is -0.0351. The van der Waals surface area contributed by atoms with Gasteiger partial charge < -0.3 is 15.2 Å². The number of ether oxygens (including phenoxy) is 1. The molecule has 6 nitrogen and oxygen atoms in total. The maximum Gasteiger partial charge on any atom is 0.272 e. The lowest BCUT2D eigenvalue weighted by atomic mass is 9.57. The monoisotopic (exact) mass is 361 g/mol. The van der Waals surface area contributed by atoms with Crippen molar-refractivity contribution >= 4 is 5.91 Å². The summed E-state index contributed by atoms with van der Waals surface area (Å²) in [6, 6.07) is 0.264. The summed E-state index contributed by atoms with van der Waals surface area (Å²) in [5.41, 5.74) is 3.06. The number of hydrogen-bond acceptors (Lipinski definition) is 4. The molecule has 26 heavy (non-hydrogen) atoms. The first-order valence-electron chi connectivity index (χ1n) is 10.0. The van der Waals surface area contributed by atoms with Crippen molar-refractivity contribution in [1.82, 2.24) is 15.1 Å². The second kappa shape index (κ2) is 6.64. The highest BCUT2D eigenvalue weighted by Gasteiger charge is 2.46. The zero-order chi connectivity index (χ0) is 18.5. The van der Waals surface area contributed by atoms with E-state index in [4.69, 9.17) is 4.74 Å². The van der Waals surface area contributed by atoms with Gasteiger partial charge in [0.05, 0.1) is 17.9 Å². The van der Waals surface area contributed by atoms with E-state index in [1.165, 1.54) is 12.8 Å². The number of aryl methyl sites for hydroxylation is 1. The van der Waals surface area contributed by atoms with Crippen molar-refractivity contribution < 1.29 is 14.6 Å². The topological polar surface area (TPSA) is 76.4 Å². The number of aromatic nitrogens is 2. The first-order valence-corrected chi connectivity index (χ1v) is 10.0. The SMILES string of the molecule is C[C@@H]1Cc2c(C(=O)NC3CC4(CCC(CO)CC4)C3)nn(C)c2[C@H](C)O1. The molecule has 144 valence electrons. The van der Waals surface area contributed by atoms with Crippen molar-refractivity contribution in [2.24, 2.45) is 18.4 Å². The van der Waals surface area contributed by atoms with Crippen LogP contribution in [0.3, 0.4) is 0 Å². The van der Waals surface area contributed by atoms with Gasteiger partial charge in [-0.1, -0.05) is 0 Å². The Balaban J connectivity index is 1.39. The predicted molar refractivity (Wildman–Crippen MR) is 97.8 cm³/mol. The Bertz CT molecular complexity index is 683. The molecule has 0 unspecified atom stereocenters. The van der Waals surface area contributed by atoms with Crippen LogP contribution in [0.5, 0.6) is 0 Å². The summed E-state index contributed by atoms with van der Waals surface area (Å²) in [5, 5.41) is 17.0. The van der Waals surface area contributed by atoms with Crippen LogP contribution in [0.15, 0.2) is 0 Å². The van der Waals surface area contributed by atoms with E-state index in [1.54, 1.807) is 4.68 Å². The Morgan fingerprint density at radius 3 is 2.69 bits per heavy atom. The smallest absolute Gasteiger partial charge is 0.272 e. The minimum Gasteiger partial charge on any atom is -0.396 e. The molecule has 1 amide bonds. The molecule has 1 aromatic rings. The van der Waals surface area contributed by atoms with Crippen LogP contribution in [0.25, 0.3) is 0 Å². The third-order valence-corrected chi connectivity index (χ3v) is 6.84. The summed E-state index contributed by atoms with van der Waals surface area (Å²) in [6.07, 6.45) is 7.60. The number of fused-ring (bicyclic) bond motifs is 1. The van der Waals surface area contributed by atoms with Crippen molar-refractivity contribution in [3.05, 3.63) is 17.0 Å². The van der Waals surface area contributed by atoms with Gasteiger partial charge in [0.15, 0.2) is 5.69 Å². The number of aliphatic hydroxyl groups excluding tert-OH is 1. The molecular formula is C20H31N3O3. The molecule has 4 rings (SSSR count). The second-order valence-corrected chi connectivity index (χ2v) is 8.83. The number of hydrogen-bond donors (Lipinski definition) is 2. The lowest BCUT2D eigenvalue weighted by Gasteiger charge is -2.51. The van der Waals surface area contributed by atoms with E-state index in [0.29, 0.717) is 23.6 Å². The lowest BCUT2D eigenvalue weighted by Crippen LogP contribution is -2.52. The first kappa shape index (κ1) is 18.0. The summed E-state index contributed by atoms with van der Waals surface area (Å²) in [7, 11) is 1.89. The van der Waals surface area contributed by atoms with Crippen LogP contribution in [0, 0.1) is 11.3 Å². The summed E-state index contributed by atoms with van der Waals surface area (Å²) < 4.78 is 7.69. The van der Waals surface area contributed by atoms with Gasteiger partial charge in [-0.3, -0.25) is 9.48 Å². The lowest BCUT2D eigenvalue weighted by molar-refractivity contribution is -0.00906. The van der Waals surface area contributed by atoms with E-state index in [2.05, 4.69) is 10.4 Å². The van der Waals surface area contributed by atoms with Crippen molar-refractivity contribution in [2.75, 3.05) is 6.61 Å². The summed E-state index contributed by atoms with van der Waals surface area (Å²) in [6.45, 7) is 4.39. The highest BCUT2D eigenvalue weighted by molar-refractivity contribution is 5.94. The molecule has 2 N–H and O–H groups in total. The van der Waals surface area contributed by atoms with E-state index in [9.17, 15) is 9.90 Å². The fourth-order valence-electron chi connectivity index (χ4n) is 5.44. The third kappa shape index (κ3) is 3.07. The van der Waals surface area contributed by atoms with Crippen molar-refractivity contribution in [3.8, 4) is 0 Å². The standard InChI is InChI=1S/C20H31N3O3/c1-12-8-16-17(22-23(3)18(16)13(2)26-12)19(25)21-15-9-20(10-15)6-4-14(11-24)5-7-20/h12-15,24H,4-11H2,1-3H3,(H,21,25)/t12-,13+,14?,15?,20?/m1/s1. The van der Waals surface area contributed by atoms with E-state index < -0.39 is 0 Å². The Morgan fingerprint density at radius 1 is 1.35 bits per heavy atom. The van der Waals surface area contributed by atoms with Crippen LogP contribution in [0.4, 0.5) is 0 Å². The second-order valence-electron chi connectivity index (χ2n) is 8.83. The number of nitrogens with zero attached hydrogens (tertiary/aromatic N) is 2. The highest BCUT2D eigenvalue weighted by atomic mass is 16.5. The van der Waals surface area contributed by atoms with Crippen molar-refractivity contribution in [3.63, 3.8) is 0 Å².